The van der Waals surface area contributed by atoms with Crippen LogP contribution in [0.5, 0.6) is 5.75 Å². The van der Waals surface area contributed by atoms with E-state index < -0.39 is 11.4 Å². The summed E-state index contributed by atoms with van der Waals surface area (Å²) in [4.78, 5) is 25.9. The molecule has 3 N–H and O–H groups in total. The van der Waals surface area contributed by atoms with Crippen LogP contribution < -0.4 is 20.7 Å². The first-order valence-electron chi connectivity index (χ1n) is 9.60. The molecule has 1 heterocycles. The number of thiocarbonyl (C=S) groups is 1. The summed E-state index contributed by atoms with van der Waals surface area (Å²) in [5.74, 6) is -0.295. The second-order valence-corrected chi connectivity index (χ2v) is 11.6. The second kappa shape index (κ2) is 10.3. The fourth-order valence-electron chi connectivity index (χ4n) is 2.99. The third-order valence-electron chi connectivity index (χ3n) is 4.28. The van der Waals surface area contributed by atoms with Crippen molar-refractivity contribution in [3.05, 3.63) is 54.7 Å². The summed E-state index contributed by atoms with van der Waals surface area (Å²) in [5.41, 5.74) is 0.537. The van der Waals surface area contributed by atoms with Gasteiger partial charge >= 0.3 is 0 Å². The van der Waals surface area contributed by atoms with E-state index >= 15 is 0 Å². The Bertz CT molecular complexity index is 1270. The van der Waals surface area contributed by atoms with Crippen LogP contribution in [-0.4, -0.2) is 29.6 Å². The molecule has 2 aromatic carbocycles. The maximum atomic E-state index is 12.8. The number of amides is 2. The molecule has 0 radical (unpaired) electrons. The van der Waals surface area contributed by atoms with E-state index in [2.05, 4.69) is 47.8 Å². The molecule has 2 amide bonds. The minimum absolute atomic E-state index is 0.0934. The molecule has 3 rings (SSSR count). The summed E-state index contributed by atoms with van der Waals surface area (Å²) in [6.45, 7) is 5.71. The van der Waals surface area contributed by atoms with E-state index in [1.54, 1.807) is 24.3 Å². The minimum Gasteiger partial charge on any atom is -0.495 e. The molecule has 3 aromatic rings. The topological polar surface area (TPSA) is 79.5 Å². The molecule has 11 heteroatoms. The number of rotatable bonds is 4. The van der Waals surface area contributed by atoms with Crippen molar-refractivity contribution in [3.63, 3.8) is 0 Å². The standard InChI is InChI=1S/C22H20Br2ClN3O3S2/c1-22(2,3)28-20(30)18-15(25)11-6-5-7-14(17(11)33-18)26-21(32)27-19(29)12-8-10(23)9-13(24)16(12)31-4/h5-9H,1-4H3,(H,28,30)(H2,26,27,29,32). The Morgan fingerprint density at radius 2 is 1.85 bits per heavy atom. The van der Waals surface area contributed by atoms with E-state index in [1.807, 2.05) is 26.8 Å². The van der Waals surface area contributed by atoms with Crippen molar-refractivity contribution in [1.82, 2.24) is 10.6 Å². The van der Waals surface area contributed by atoms with Crippen molar-refractivity contribution >= 4 is 99.7 Å². The lowest BCUT2D eigenvalue weighted by atomic mass is 10.1. The van der Waals surface area contributed by atoms with Crippen LogP contribution in [0.15, 0.2) is 39.3 Å². The van der Waals surface area contributed by atoms with Gasteiger partial charge in [-0.05, 0) is 67.1 Å². The Kier molecular flexibility index (Phi) is 8.06. The summed E-state index contributed by atoms with van der Waals surface area (Å²) in [7, 11) is 1.48. The van der Waals surface area contributed by atoms with E-state index in [1.165, 1.54) is 18.4 Å². The van der Waals surface area contributed by atoms with E-state index in [0.29, 0.717) is 35.8 Å². The van der Waals surface area contributed by atoms with Crippen molar-refractivity contribution in [2.45, 2.75) is 26.3 Å². The van der Waals surface area contributed by atoms with E-state index in [0.717, 1.165) is 10.1 Å². The zero-order valence-corrected chi connectivity index (χ0v) is 23.6. The molecule has 0 aliphatic heterocycles. The van der Waals surface area contributed by atoms with Crippen molar-refractivity contribution < 1.29 is 14.3 Å². The number of carbonyl (C=O) groups is 2. The van der Waals surface area contributed by atoms with Gasteiger partial charge in [-0.15, -0.1) is 11.3 Å². The van der Waals surface area contributed by atoms with Gasteiger partial charge in [0.05, 0.1) is 32.6 Å². The minimum atomic E-state index is -0.437. The Morgan fingerprint density at radius 1 is 1.15 bits per heavy atom. The molecule has 0 aliphatic rings. The van der Waals surface area contributed by atoms with Crippen LogP contribution in [-0.2, 0) is 0 Å². The number of thiophene rings is 1. The highest BCUT2D eigenvalue weighted by molar-refractivity contribution is 9.11. The van der Waals surface area contributed by atoms with Gasteiger partial charge in [0.25, 0.3) is 11.8 Å². The molecule has 6 nitrogen and oxygen atoms in total. The number of anilines is 1. The first-order valence-corrected chi connectivity index (χ1v) is 12.8. The predicted octanol–water partition coefficient (Wildman–Crippen LogP) is 6.74. The van der Waals surface area contributed by atoms with Gasteiger partial charge in [-0.2, -0.15) is 0 Å². The summed E-state index contributed by atoms with van der Waals surface area (Å²) in [6, 6.07) is 8.85. The maximum Gasteiger partial charge on any atom is 0.263 e. The van der Waals surface area contributed by atoms with Crippen LogP contribution in [0.1, 0.15) is 40.8 Å². The van der Waals surface area contributed by atoms with Crippen molar-refractivity contribution in [3.8, 4) is 5.75 Å². The molecule has 0 atom stereocenters. The van der Waals surface area contributed by atoms with Gasteiger partial charge in [-0.3, -0.25) is 14.9 Å². The first kappa shape index (κ1) is 25.9. The fourth-order valence-corrected chi connectivity index (χ4v) is 6.05. The molecule has 0 aliphatic carbocycles. The monoisotopic (exact) mass is 631 g/mol. The van der Waals surface area contributed by atoms with Crippen molar-refractivity contribution in [1.29, 1.82) is 0 Å². The number of methoxy groups -OCH3 is 1. The van der Waals surface area contributed by atoms with Gasteiger partial charge in [0.1, 0.15) is 10.6 Å². The number of halogens is 3. The number of fused-ring (bicyclic) bond motifs is 1. The fraction of sp³-hybridized carbons (Fsp3) is 0.227. The normalized spacial score (nSPS) is 11.2. The number of hydrogen-bond donors (Lipinski definition) is 3. The summed E-state index contributed by atoms with van der Waals surface area (Å²) < 4.78 is 7.42. The molecule has 0 unspecified atom stereocenters. The molecule has 0 saturated carbocycles. The van der Waals surface area contributed by atoms with Gasteiger partial charge in [0.15, 0.2) is 5.11 Å². The lowest BCUT2D eigenvalue weighted by molar-refractivity contribution is 0.0922. The smallest absolute Gasteiger partial charge is 0.263 e. The van der Waals surface area contributed by atoms with Gasteiger partial charge < -0.3 is 15.4 Å². The number of hydrogen-bond acceptors (Lipinski definition) is 5. The molecule has 1 aromatic heterocycles. The van der Waals surface area contributed by atoms with Gasteiger partial charge in [0, 0.05) is 15.4 Å². The van der Waals surface area contributed by atoms with Crippen molar-refractivity contribution in [2.75, 3.05) is 12.4 Å². The zero-order valence-electron chi connectivity index (χ0n) is 18.1. The number of carbonyl (C=O) groups excluding carboxylic acids is 2. The van der Waals surface area contributed by atoms with Crippen LogP contribution in [0.4, 0.5) is 5.69 Å². The lowest BCUT2D eigenvalue weighted by Gasteiger charge is -2.19. The van der Waals surface area contributed by atoms with Crippen LogP contribution in [0, 0.1) is 0 Å². The average molecular weight is 634 g/mol. The van der Waals surface area contributed by atoms with Gasteiger partial charge in [0.2, 0.25) is 0 Å². The van der Waals surface area contributed by atoms with Crippen LogP contribution >= 0.6 is 67.0 Å². The summed E-state index contributed by atoms with van der Waals surface area (Å²) >= 11 is 19.9. The Labute approximate surface area is 222 Å². The van der Waals surface area contributed by atoms with Gasteiger partial charge in [-0.25, -0.2) is 0 Å². The van der Waals surface area contributed by atoms with Crippen molar-refractivity contribution in [2.24, 2.45) is 0 Å². The van der Waals surface area contributed by atoms with Crippen LogP contribution in [0.25, 0.3) is 10.1 Å². The highest BCUT2D eigenvalue weighted by Gasteiger charge is 2.23. The SMILES string of the molecule is COc1c(Br)cc(Br)cc1C(=O)NC(=S)Nc1cccc2c(Cl)c(C(=O)NC(C)(C)C)sc12. The zero-order chi connectivity index (χ0) is 24.5. The molecule has 0 saturated heterocycles. The van der Waals surface area contributed by atoms with E-state index in [4.69, 9.17) is 28.6 Å². The molecular formula is C22H20Br2ClN3O3S2. The Hall–Kier alpha value is -1.72. The van der Waals surface area contributed by atoms with Crippen LogP contribution in [0.3, 0.4) is 0 Å². The number of nitrogens with one attached hydrogen (secondary N) is 3. The molecule has 0 bridgehead atoms. The Balaban J connectivity index is 1.85. The first-order chi connectivity index (χ1) is 15.4. The second-order valence-electron chi connectivity index (χ2n) is 8.01. The van der Waals surface area contributed by atoms with E-state index in [-0.39, 0.29) is 11.0 Å². The van der Waals surface area contributed by atoms with Crippen LogP contribution in [0.2, 0.25) is 5.02 Å². The third kappa shape index (κ3) is 6.05. The Morgan fingerprint density at radius 3 is 2.48 bits per heavy atom. The van der Waals surface area contributed by atoms with Gasteiger partial charge in [-0.1, -0.05) is 39.7 Å². The number of benzene rings is 2. The maximum absolute atomic E-state index is 12.8. The molecular weight excluding hydrogens is 614 g/mol. The molecule has 33 heavy (non-hydrogen) atoms. The summed E-state index contributed by atoms with van der Waals surface area (Å²) in [5, 5.41) is 9.81. The predicted molar refractivity (Wildman–Crippen MR) is 146 cm³/mol. The molecule has 0 fully saturated rings. The molecule has 0 spiro atoms. The summed E-state index contributed by atoms with van der Waals surface area (Å²) in [6.07, 6.45) is 0. The van der Waals surface area contributed by atoms with E-state index in [9.17, 15) is 9.59 Å². The largest absolute Gasteiger partial charge is 0.495 e. The number of ether oxygens (including phenoxy) is 1. The quantitative estimate of drug-likeness (QED) is 0.277. The average Bonchev–Trinajstić information content (AvgIpc) is 3.04. The lowest BCUT2D eigenvalue weighted by Crippen LogP contribution is -2.40. The highest BCUT2D eigenvalue weighted by Crippen LogP contribution is 2.39. The highest BCUT2D eigenvalue weighted by atomic mass is 79.9. The molecule has 174 valence electrons. The third-order valence-corrected chi connectivity index (χ3v) is 7.28.